The highest BCUT2D eigenvalue weighted by atomic mass is 32.2. The van der Waals surface area contributed by atoms with Gasteiger partial charge in [0, 0.05) is 24.7 Å². The lowest BCUT2D eigenvalue weighted by atomic mass is 10.1. The predicted molar refractivity (Wildman–Crippen MR) is 101 cm³/mol. The van der Waals surface area contributed by atoms with Gasteiger partial charge in [-0.15, -0.1) is 6.58 Å². The van der Waals surface area contributed by atoms with E-state index in [0.29, 0.717) is 6.54 Å². The van der Waals surface area contributed by atoms with Crippen molar-refractivity contribution in [2.45, 2.75) is 30.3 Å². The summed E-state index contributed by atoms with van der Waals surface area (Å²) in [6.45, 7) is 3.84. The summed E-state index contributed by atoms with van der Waals surface area (Å²) in [4.78, 5) is 14.2. The van der Waals surface area contributed by atoms with E-state index in [9.17, 15) is 17.6 Å². The third-order valence-electron chi connectivity index (χ3n) is 4.33. The van der Waals surface area contributed by atoms with Gasteiger partial charge in [-0.1, -0.05) is 36.4 Å². The molecule has 0 spiro atoms. The first kappa shape index (κ1) is 19.3. The Morgan fingerprint density at radius 3 is 2.56 bits per heavy atom. The molecule has 0 saturated heterocycles. The van der Waals surface area contributed by atoms with Gasteiger partial charge in [0.1, 0.15) is 10.7 Å². The maximum atomic E-state index is 14.1. The Balaban J connectivity index is 1.89. The fourth-order valence-corrected chi connectivity index (χ4v) is 3.89. The van der Waals surface area contributed by atoms with Crippen LogP contribution in [0.3, 0.4) is 0 Å². The Bertz CT molecular complexity index is 941. The molecular formula is C20H21FN2O3S. The van der Waals surface area contributed by atoms with E-state index in [4.69, 9.17) is 0 Å². The highest BCUT2D eigenvalue weighted by Gasteiger charge is 2.33. The standard InChI is InChI=1S/C20H21FN2O3S/c1-2-12-22-27(25,26)19-13-16(8-11-18(19)21)20(24)23(17-9-10-17)14-15-6-4-3-5-7-15/h2-8,11,13,17,22H,1,9-10,12,14H2. The van der Waals surface area contributed by atoms with Crippen LogP contribution in [0, 0.1) is 5.82 Å². The minimum absolute atomic E-state index is 0.0256. The van der Waals surface area contributed by atoms with Crippen LogP contribution in [-0.4, -0.2) is 31.8 Å². The topological polar surface area (TPSA) is 66.5 Å². The normalized spacial score (nSPS) is 14.0. The molecule has 1 aliphatic carbocycles. The van der Waals surface area contributed by atoms with E-state index >= 15 is 0 Å². The summed E-state index contributed by atoms with van der Waals surface area (Å²) in [5, 5.41) is 0. The van der Waals surface area contributed by atoms with E-state index in [1.807, 2.05) is 30.3 Å². The molecule has 0 unspecified atom stereocenters. The second kappa shape index (κ2) is 8.02. The van der Waals surface area contributed by atoms with E-state index in [0.717, 1.165) is 30.5 Å². The zero-order valence-electron chi connectivity index (χ0n) is 14.8. The van der Waals surface area contributed by atoms with Crippen molar-refractivity contribution >= 4 is 15.9 Å². The number of carbonyl (C=O) groups is 1. The number of nitrogens with one attached hydrogen (secondary N) is 1. The van der Waals surface area contributed by atoms with Crippen LogP contribution in [0.2, 0.25) is 0 Å². The SMILES string of the molecule is C=CCNS(=O)(=O)c1cc(C(=O)N(Cc2ccccc2)C2CC2)ccc1F. The van der Waals surface area contributed by atoms with Crippen molar-refractivity contribution in [3.05, 3.63) is 78.1 Å². The van der Waals surface area contributed by atoms with Crippen molar-refractivity contribution in [2.75, 3.05) is 6.54 Å². The molecule has 0 radical (unpaired) electrons. The number of hydrogen-bond acceptors (Lipinski definition) is 3. The van der Waals surface area contributed by atoms with E-state index in [1.165, 1.54) is 12.1 Å². The van der Waals surface area contributed by atoms with Gasteiger partial charge < -0.3 is 4.90 Å². The molecule has 1 aliphatic rings. The van der Waals surface area contributed by atoms with Gasteiger partial charge in [0.05, 0.1) is 0 Å². The van der Waals surface area contributed by atoms with Gasteiger partial charge in [0.2, 0.25) is 10.0 Å². The molecule has 2 aromatic carbocycles. The van der Waals surface area contributed by atoms with Gasteiger partial charge in [-0.2, -0.15) is 0 Å². The third kappa shape index (κ3) is 4.61. The van der Waals surface area contributed by atoms with E-state index in [-0.39, 0.29) is 24.1 Å². The van der Waals surface area contributed by atoms with Crippen molar-refractivity contribution in [1.29, 1.82) is 0 Å². The average molecular weight is 388 g/mol. The molecule has 1 N–H and O–H groups in total. The lowest BCUT2D eigenvalue weighted by molar-refractivity contribution is 0.0729. The molecule has 2 aromatic rings. The number of carbonyl (C=O) groups excluding carboxylic acids is 1. The number of hydrogen-bond donors (Lipinski definition) is 1. The minimum Gasteiger partial charge on any atom is -0.331 e. The molecule has 1 amide bonds. The molecule has 1 saturated carbocycles. The molecule has 0 aromatic heterocycles. The average Bonchev–Trinajstić information content (AvgIpc) is 3.50. The summed E-state index contributed by atoms with van der Waals surface area (Å²) in [6.07, 6.45) is 3.18. The first-order chi connectivity index (χ1) is 12.9. The number of nitrogens with zero attached hydrogens (tertiary/aromatic N) is 1. The lowest BCUT2D eigenvalue weighted by Crippen LogP contribution is -2.33. The fourth-order valence-electron chi connectivity index (χ4n) is 2.79. The largest absolute Gasteiger partial charge is 0.331 e. The monoisotopic (exact) mass is 388 g/mol. The molecule has 5 nitrogen and oxygen atoms in total. The van der Waals surface area contributed by atoms with Crippen LogP contribution < -0.4 is 4.72 Å². The summed E-state index contributed by atoms with van der Waals surface area (Å²) in [7, 11) is -4.07. The molecule has 0 aliphatic heterocycles. The van der Waals surface area contributed by atoms with Crippen molar-refractivity contribution in [3.63, 3.8) is 0 Å². The first-order valence-corrected chi connectivity index (χ1v) is 10.2. The predicted octanol–water partition coefficient (Wildman–Crippen LogP) is 3.09. The quantitative estimate of drug-likeness (QED) is 0.707. The maximum Gasteiger partial charge on any atom is 0.254 e. The second-order valence-electron chi connectivity index (χ2n) is 6.44. The first-order valence-electron chi connectivity index (χ1n) is 8.67. The zero-order valence-corrected chi connectivity index (χ0v) is 15.6. The van der Waals surface area contributed by atoms with Crippen molar-refractivity contribution in [1.82, 2.24) is 9.62 Å². The Morgan fingerprint density at radius 1 is 1.22 bits per heavy atom. The van der Waals surface area contributed by atoms with Crippen LogP contribution in [0.15, 0.2) is 66.1 Å². The van der Waals surface area contributed by atoms with Gasteiger partial charge in [0.15, 0.2) is 0 Å². The van der Waals surface area contributed by atoms with E-state index in [2.05, 4.69) is 11.3 Å². The highest BCUT2D eigenvalue weighted by molar-refractivity contribution is 7.89. The zero-order chi connectivity index (χ0) is 19.4. The molecule has 7 heteroatoms. The van der Waals surface area contributed by atoms with Crippen molar-refractivity contribution < 1.29 is 17.6 Å². The highest BCUT2D eigenvalue weighted by Crippen LogP contribution is 2.30. The minimum atomic E-state index is -4.07. The van der Waals surface area contributed by atoms with Gasteiger partial charge in [-0.25, -0.2) is 17.5 Å². The molecule has 3 rings (SSSR count). The van der Waals surface area contributed by atoms with E-state index in [1.54, 1.807) is 4.90 Å². The molecule has 0 bridgehead atoms. The fraction of sp³-hybridized carbons (Fsp3) is 0.250. The lowest BCUT2D eigenvalue weighted by Gasteiger charge is -2.23. The van der Waals surface area contributed by atoms with Crippen LogP contribution in [0.4, 0.5) is 4.39 Å². The van der Waals surface area contributed by atoms with Crippen molar-refractivity contribution in [3.8, 4) is 0 Å². The second-order valence-corrected chi connectivity index (χ2v) is 8.17. The van der Waals surface area contributed by atoms with Crippen LogP contribution >= 0.6 is 0 Å². The number of halogens is 1. The molecule has 0 heterocycles. The van der Waals surface area contributed by atoms with Crippen LogP contribution in [0.25, 0.3) is 0 Å². The van der Waals surface area contributed by atoms with E-state index < -0.39 is 20.7 Å². The molecule has 142 valence electrons. The summed E-state index contributed by atoms with van der Waals surface area (Å²) in [6, 6.07) is 13.1. The third-order valence-corrected chi connectivity index (χ3v) is 5.77. The van der Waals surface area contributed by atoms with Gasteiger partial charge in [-0.3, -0.25) is 4.79 Å². The molecular weight excluding hydrogens is 367 g/mol. The smallest absolute Gasteiger partial charge is 0.254 e. The molecule has 1 fully saturated rings. The van der Waals surface area contributed by atoms with Gasteiger partial charge in [-0.05, 0) is 36.6 Å². The number of rotatable bonds is 8. The Kier molecular flexibility index (Phi) is 5.72. The molecule has 0 atom stereocenters. The van der Waals surface area contributed by atoms with Crippen molar-refractivity contribution in [2.24, 2.45) is 0 Å². The molecule has 27 heavy (non-hydrogen) atoms. The number of benzene rings is 2. The number of amides is 1. The van der Waals surface area contributed by atoms with Crippen LogP contribution in [-0.2, 0) is 16.6 Å². The Morgan fingerprint density at radius 2 is 1.93 bits per heavy atom. The van der Waals surface area contributed by atoms with Gasteiger partial charge >= 0.3 is 0 Å². The Hall–Kier alpha value is -2.51. The number of sulfonamides is 1. The summed E-state index contributed by atoms with van der Waals surface area (Å²) in [5.74, 6) is -1.20. The summed E-state index contributed by atoms with van der Waals surface area (Å²) in [5.41, 5.74) is 1.14. The van der Waals surface area contributed by atoms with Crippen LogP contribution in [0.1, 0.15) is 28.8 Å². The summed E-state index contributed by atoms with van der Waals surface area (Å²) >= 11 is 0. The van der Waals surface area contributed by atoms with Gasteiger partial charge in [0.25, 0.3) is 5.91 Å². The Labute approximate surface area is 158 Å². The van der Waals surface area contributed by atoms with Crippen LogP contribution in [0.5, 0.6) is 0 Å². The maximum absolute atomic E-state index is 14.1. The summed E-state index contributed by atoms with van der Waals surface area (Å²) < 4.78 is 40.9.